The molecule has 0 N–H and O–H groups in total. The summed E-state index contributed by atoms with van der Waals surface area (Å²) in [5, 5.41) is 0. The fourth-order valence-corrected chi connectivity index (χ4v) is 5.80. The molecule has 1 aliphatic rings. The predicted molar refractivity (Wildman–Crippen MR) is 107 cm³/mol. The summed E-state index contributed by atoms with van der Waals surface area (Å²) in [7, 11) is -3.55. The third-order valence-corrected chi connectivity index (χ3v) is 8.13. The van der Waals surface area contributed by atoms with Gasteiger partial charge in [-0.05, 0) is 86.7 Å². The van der Waals surface area contributed by atoms with Crippen molar-refractivity contribution in [3.8, 4) is 0 Å². The highest BCUT2D eigenvalue weighted by atomic mass is 32.2. The van der Waals surface area contributed by atoms with E-state index in [-0.39, 0.29) is 5.82 Å². The molecule has 1 saturated heterocycles. The minimum absolute atomic E-state index is 0.268. The van der Waals surface area contributed by atoms with Gasteiger partial charge in [-0.15, -0.1) is 0 Å². The number of anilines is 1. The number of nitrogens with zero attached hydrogens (tertiary/aromatic N) is 2. The van der Waals surface area contributed by atoms with Gasteiger partial charge in [-0.2, -0.15) is 4.31 Å². The van der Waals surface area contributed by atoms with Crippen LogP contribution in [0.25, 0.3) is 0 Å². The first-order chi connectivity index (χ1) is 12.6. The smallest absolute Gasteiger partial charge is 0.243 e. The molecule has 0 unspecified atom stereocenters. The predicted octanol–water partition coefficient (Wildman–Crippen LogP) is 3.88. The van der Waals surface area contributed by atoms with E-state index in [1.807, 2.05) is 34.6 Å². The Morgan fingerprint density at radius 1 is 0.741 bits per heavy atom. The van der Waals surface area contributed by atoms with Crippen molar-refractivity contribution in [3.63, 3.8) is 0 Å². The van der Waals surface area contributed by atoms with Crippen molar-refractivity contribution in [2.75, 3.05) is 31.1 Å². The fraction of sp³-hybridized carbons (Fsp3) is 0.429. The van der Waals surface area contributed by atoms with Crippen molar-refractivity contribution in [1.82, 2.24) is 4.31 Å². The van der Waals surface area contributed by atoms with Crippen molar-refractivity contribution >= 4 is 15.7 Å². The van der Waals surface area contributed by atoms with E-state index in [1.54, 1.807) is 16.4 Å². The lowest BCUT2D eigenvalue weighted by Gasteiger charge is -2.36. The number of hydrogen-bond acceptors (Lipinski definition) is 3. The maximum absolute atomic E-state index is 13.4. The van der Waals surface area contributed by atoms with Crippen LogP contribution in [0.1, 0.15) is 27.8 Å². The van der Waals surface area contributed by atoms with Crippen LogP contribution in [0.3, 0.4) is 0 Å². The molecule has 27 heavy (non-hydrogen) atoms. The summed E-state index contributed by atoms with van der Waals surface area (Å²) in [6, 6.07) is 6.34. The quantitative estimate of drug-likeness (QED) is 0.799. The molecule has 3 rings (SSSR count). The van der Waals surface area contributed by atoms with Gasteiger partial charge in [-0.3, -0.25) is 0 Å². The summed E-state index contributed by atoms with van der Waals surface area (Å²) < 4.78 is 41.5. The van der Waals surface area contributed by atoms with E-state index in [0.717, 1.165) is 33.5 Å². The molecule has 0 bridgehead atoms. The van der Waals surface area contributed by atoms with Crippen LogP contribution in [0.2, 0.25) is 0 Å². The van der Waals surface area contributed by atoms with Gasteiger partial charge in [0.25, 0.3) is 0 Å². The Hall–Kier alpha value is -1.92. The van der Waals surface area contributed by atoms with E-state index >= 15 is 0 Å². The molecule has 146 valence electrons. The summed E-state index contributed by atoms with van der Waals surface area (Å²) in [5.41, 5.74) is 5.85. The van der Waals surface area contributed by atoms with Crippen molar-refractivity contribution in [2.45, 2.75) is 39.5 Å². The molecule has 0 aromatic heterocycles. The van der Waals surface area contributed by atoms with E-state index in [4.69, 9.17) is 0 Å². The summed E-state index contributed by atoms with van der Waals surface area (Å²) >= 11 is 0. The Labute approximate surface area is 161 Å². The molecule has 1 fully saturated rings. The minimum Gasteiger partial charge on any atom is -0.369 e. The minimum atomic E-state index is -3.55. The normalized spacial score (nSPS) is 16.0. The number of rotatable bonds is 3. The van der Waals surface area contributed by atoms with Crippen LogP contribution in [0.4, 0.5) is 10.1 Å². The Bertz CT molecular complexity index is 932. The molecule has 0 amide bonds. The monoisotopic (exact) mass is 390 g/mol. The summed E-state index contributed by atoms with van der Waals surface area (Å²) in [6.07, 6.45) is 0. The molecule has 4 nitrogen and oxygen atoms in total. The molecule has 2 aromatic rings. The molecule has 2 aromatic carbocycles. The Morgan fingerprint density at radius 3 is 1.67 bits per heavy atom. The first kappa shape index (κ1) is 19.8. The summed E-state index contributed by atoms with van der Waals surface area (Å²) in [4.78, 5) is 2.55. The molecule has 1 heterocycles. The Kier molecular flexibility index (Phi) is 5.32. The zero-order valence-electron chi connectivity index (χ0n) is 16.6. The van der Waals surface area contributed by atoms with Gasteiger partial charge in [0.05, 0.1) is 4.90 Å². The lowest BCUT2D eigenvalue weighted by atomic mass is 9.95. The largest absolute Gasteiger partial charge is 0.369 e. The lowest BCUT2D eigenvalue weighted by molar-refractivity contribution is 0.384. The van der Waals surface area contributed by atoms with Crippen LogP contribution in [-0.4, -0.2) is 38.9 Å². The van der Waals surface area contributed by atoms with E-state index < -0.39 is 10.0 Å². The molecule has 0 radical (unpaired) electrons. The van der Waals surface area contributed by atoms with Crippen molar-refractivity contribution in [1.29, 1.82) is 0 Å². The zero-order chi connectivity index (χ0) is 19.9. The molecule has 6 heteroatoms. The van der Waals surface area contributed by atoms with Gasteiger partial charge < -0.3 is 4.90 Å². The number of piperazine rings is 1. The van der Waals surface area contributed by atoms with Gasteiger partial charge >= 0.3 is 0 Å². The first-order valence-corrected chi connectivity index (χ1v) is 10.7. The zero-order valence-corrected chi connectivity index (χ0v) is 17.5. The van der Waals surface area contributed by atoms with Gasteiger partial charge in [-0.25, -0.2) is 12.8 Å². The van der Waals surface area contributed by atoms with Crippen molar-refractivity contribution < 1.29 is 12.8 Å². The average Bonchev–Trinajstić information content (AvgIpc) is 2.65. The molecule has 0 atom stereocenters. The van der Waals surface area contributed by atoms with Crippen LogP contribution in [0, 0.1) is 40.4 Å². The number of halogens is 1. The number of benzene rings is 2. The molecule has 0 spiro atoms. The van der Waals surface area contributed by atoms with E-state index in [1.165, 1.54) is 12.1 Å². The van der Waals surface area contributed by atoms with Crippen LogP contribution in [0.15, 0.2) is 29.2 Å². The summed E-state index contributed by atoms with van der Waals surface area (Å²) in [6.45, 7) is 11.8. The second-order valence-electron chi connectivity index (χ2n) is 7.32. The van der Waals surface area contributed by atoms with Crippen LogP contribution >= 0.6 is 0 Å². The molecule has 0 aliphatic carbocycles. The second kappa shape index (κ2) is 7.24. The lowest BCUT2D eigenvalue weighted by Crippen LogP contribution is -2.49. The van der Waals surface area contributed by atoms with Gasteiger partial charge in [0, 0.05) is 31.9 Å². The Morgan fingerprint density at radius 2 is 1.19 bits per heavy atom. The standard InChI is InChI=1S/C21H27FN2O2S/c1-14-15(2)17(4)21(18(5)16(14)3)27(25,26)24-12-10-23(11-13-24)20-8-6-19(22)7-9-20/h6-9H,10-13H2,1-5H3. The van der Waals surface area contributed by atoms with Crippen molar-refractivity contribution in [2.24, 2.45) is 0 Å². The summed E-state index contributed by atoms with van der Waals surface area (Å²) in [5.74, 6) is -0.268. The maximum atomic E-state index is 13.4. The molecular formula is C21H27FN2O2S. The highest BCUT2D eigenvalue weighted by molar-refractivity contribution is 7.89. The number of hydrogen-bond donors (Lipinski definition) is 0. The topological polar surface area (TPSA) is 40.6 Å². The molecule has 1 aliphatic heterocycles. The number of sulfonamides is 1. The van der Waals surface area contributed by atoms with Crippen LogP contribution < -0.4 is 4.90 Å². The second-order valence-corrected chi connectivity index (χ2v) is 9.20. The van der Waals surface area contributed by atoms with Crippen LogP contribution in [0.5, 0.6) is 0 Å². The highest BCUT2D eigenvalue weighted by Gasteiger charge is 2.32. The maximum Gasteiger partial charge on any atom is 0.243 e. The first-order valence-electron chi connectivity index (χ1n) is 9.22. The van der Waals surface area contributed by atoms with Gasteiger partial charge in [-0.1, -0.05) is 0 Å². The van der Waals surface area contributed by atoms with Crippen LogP contribution in [-0.2, 0) is 10.0 Å². The molecule has 0 saturated carbocycles. The third kappa shape index (κ3) is 3.48. The highest BCUT2D eigenvalue weighted by Crippen LogP contribution is 2.32. The van der Waals surface area contributed by atoms with Gasteiger partial charge in [0.1, 0.15) is 5.82 Å². The molecular weight excluding hydrogens is 363 g/mol. The Balaban J connectivity index is 1.87. The fourth-order valence-electron chi connectivity index (χ4n) is 3.82. The van der Waals surface area contributed by atoms with Gasteiger partial charge in [0.15, 0.2) is 0 Å². The SMILES string of the molecule is Cc1c(C)c(C)c(S(=O)(=O)N2CCN(c3ccc(F)cc3)CC2)c(C)c1C. The van der Waals surface area contributed by atoms with Crippen molar-refractivity contribution in [3.05, 3.63) is 57.9 Å². The van der Waals surface area contributed by atoms with E-state index in [2.05, 4.69) is 4.90 Å². The van der Waals surface area contributed by atoms with E-state index in [9.17, 15) is 12.8 Å². The van der Waals surface area contributed by atoms with E-state index in [0.29, 0.717) is 31.1 Å². The third-order valence-electron chi connectivity index (χ3n) is 5.96. The average molecular weight is 391 g/mol. The van der Waals surface area contributed by atoms with Gasteiger partial charge in [0.2, 0.25) is 10.0 Å².